The average molecular weight is 184 g/mol. The average Bonchev–Trinajstić information content (AvgIpc) is 2.56. The molecule has 0 unspecified atom stereocenters. The number of ketones is 1. The fraction of sp³-hybridized carbons (Fsp3) is 0.250. The van der Waals surface area contributed by atoms with Crippen LogP contribution in [0.2, 0.25) is 0 Å². The van der Waals surface area contributed by atoms with E-state index in [9.17, 15) is 4.79 Å². The smallest absolute Gasteiger partial charge is 0.206 e. The predicted octanol–water partition coefficient (Wildman–Crippen LogP) is 1.83. The molecule has 0 aliphatic heterocycles. The van der Waals surface area contributed by atoms with Gasteiger partial charge >= 0.3 is 0 Å². The molecule has 0 bridgehead atoms. The van der Waals surface area contributed by atoms with Gasteiger partial charge in [0.25, 0.3) is 0 Å². The molecule has 3 nitrogen and oxygen atoms in total. The fourth-order valence-corrected chi connectivity index (χ4v) is 0.859. The summed E-state index contributed by atoms with van der Waals surface area (Å²) in [5, 5.41) is 0.274. The highest BCUT2D eigenvalue weighted by molar-refractivity contribution is 7.80. The van der Waals surface area contributed by atoms with Crippen LogP contribution < -0.4 is 0 Å². The number of furan rings is 1. The quantitative estimate of drug-likeness (QED) is 0.530. The molecule has 4 heteroatoms. The van der Waals surface area contributed by atoms with E-state index in [1.54, 1.807) is 12.1 Å². The Kier molecular flexibility index (Phi) is 2.99. The van der Waals surface area contributed by atoms with E-state index in [1.807, 2.05) is 0 Å². The molecule has 1 aromatic rings. The molecule has 12 heavy (non-hydrogen) atoms. The number of Topliss-reactive ketones (excluding diaryl/α,β-unsaturated/α-hetero) is 1. The van der Waals surface area contributed by atoms with Gasteiger partial charge < -0.3 is 9.15 Å². The second-order valence-electron chi connectivity index (χ2n) is 2.15. The van der Waals surface area contributed by atoms with Gasteiger partial charge in [0.05, 0.1) is 19.8 Å². The Hall–Kier alpha value is -1.16. The van der Waals surface area contributed by atoms with Gasteiger partial charge in [0.1, 0.15) is 0 Å². The molecule has 0 aliphatic rings. The molecule has 64 valence electrons. The van der Waals surface area contributed by atoms with Crippen LogP contribution in [-0.4, -0.2) is 17.9 Å². The summed E-state index contributed by atoms with van der Waals surface area (Å²) in [6, 6.07) is 3.25. The largest absolute Gasteiger partial charge is 0.490 e. The van der Waals surface area contributed by atoms with Crippen LogP contribution in [0.5, 0.6) is 0 Å². The maximum atomic E-state index is 11.2. The zero-order chi connectivity index (χ0) is 8.97. The standard InChI is InChI=1S/C8H8O3S/c1-10-8(12)5-6(9)7-3-2-4-11-7/h2-4H,5H2,1H3. The lowest BCUT2D eigenvalue weighted by Gasteiger charge is -1.98. The topological polar surface area (TPSA) is 39.4 Å². The molecule has 0 fully saturated rings. The molecule has 1 rings (SSSR count). The van der Waals surface area contributed by atoms with Crippen LogP contribution in [-0.2, 0) is 4.74 Å². The normalized spacial score (nSPS) is 9.42. The Morgan fingerprint density at radius 1 is 1.75 bits per heavy atom. The van der Waals surface area contributed by atoms with Crippen LogP contribution in [0.4, 0.5) is 0 Å². The van der Waals surface area contributed by atoms with Crippen LogP contribution in [0.25, 0.3) is 0 Å². The van der Waals surface area contributed by atoms with Crippen LogP contribution in [0.3, 0.4) is 0 Å². The third-order valence-electron chi connectivity index (χ3n) is 1.33. The summed E-state index contributed by atoms with van der Waals surface area (Å²) < 4.78 is 9.56. The highest BCUT2D eigenvalue weighted by atomic mass is 32.1. The molecule has 1 heterocycles. The molecule has 0 aliphatic carbocycles. The third kappa shape index (κ3) is 2.17. The first kappa shape index (κ1) is 8.93. The minimum atomic E-state index is -0.160. The van der Waals surface area contributed by atoms with Gasteiger partial charge in [-0.1, -0.05) is 0 Å². The maximum absolute atomic E-state index is 11.2. The van der Waals surface area contributed by atoms with Crippen LogP contribution in [0.1, 0.15) is 17.0 Å². The lowest BCUT2D eigenvalue weighted by Crippen LogP contribution is -2.06. The summed E-state index contributed by atoms with van der Waals surface area (Å²) in [7, 11) is 1.44. The van der Waals surface area contributed by atoms with Gasteiger partial charge in [-0.05, 0) is 24.4 Å². The van der Waals surface area contributed by atoms with Gasteiger partial charge in [0.2, 0.25) is 5.78 Å². The lowest BCUT2D eigenvalue weighted by molar-refractivity contribution is 0.0969. The Morgan fingerprint density at radius 2 is 2.50 bits per heavy atom. The SMILES string of the molecule is COC(=S)CC(=O)c1ccco1. The lowest BCUT2D eigenvalue weighted by atomic mass is 10.2. The van der Waals surface area contributed by atoms with Crippen molar-refractivity contribution in [3.8, 4) is 0 Å². The second kappa shape index (κ2) is 4.01. The number of thiocarbonyl (C=S) groups is 1. The summed E-state index contributed by atoms with van der Waals surface area (Å²) in [6.45, 7) is 0. The van der Waals surface area contributed by atoms with Gasteiger partial charge in [0.15, 0.2) is 10.8 Å². The van der Waals surface area contributed by atoms with Gasteiger partial charge in [-0.3, -0.25) is 4.79 Å². The number of hydrogen-bond acceptors (Lipinski definition) is 4. The molecule has 0 saturated heterocycles. The van der Waals surface area contributed by atoms with Crippen molar-refractivity contribution in [2.24, 2.45) is 0 Å². The minimum absolute atomic E-state index is 0.0966. The van der Waals surface area contributed by atoms with E-state index < -0.39 is 0 Å². The Balaban J connectivity index is 2.56. The third-order valence-corrected chi connectivity index (χ3v) is 1.64. The van der Waals surface area contributed by atoms with Crippen molar-refractivity contribution in [3.05, 3.63) is 24.2 Å². The van der Waals surface area contributed by atoms with Crippen molar-refractivity contribution in [1.29, 1.82) is 0 Å². The van der Waals surface area contributed by atoms with Crippen molar-refractivity contribution < 1.29 is 13.9 Å². The summed E-state index contributed by atoms with van der Waals surface area (Å²) in [6.07, 6.45) is 1.54. The van der Waals surface area contributed by atoms with Crippen LogP contribution in [0, 0.1) is 0 Å². The van der Waals surface area contributed by atoms with Crippen LogP contribution in [0.15, 0.2) is 22.8 Å². The van der Waals surface area contributed by atoms with Crippen molar-refractivity contribution in [1.82, 2.24) is 0 Å². The predicted molar refractivity (Wildman–Crippen MR) is 47.3 cm³/mol. The highest BCUT2D eigenvalue weighted by Gasteiger charge is 2.10. The Labute approximate surface area is 75.3 Å². The molecule has 1 aromatic heterocycles. The van der Waals surface area contributed by atoms with Crippen molar-refractivity contribution >= 4 is 23.1 Å². The number of rotatable bonds is 3. The Bertz CT molecular complexity index is 277. The second-order valence-corrected chi connectivity index (χ2v) is 2.61. The Morgan fingerprint density at radius 3 is 3.00 bits per heavy atom. The number of ether oxygens (including phenoxy) is 1. The van der Waals surface area contributed by atoms with E-state index in [0.717, 1.165) is 0 Å². The van der Waals surface area contributed by atoms with Gasteiger partial charge in [-0.2, -0.15) is 0 Å². The zero-order valence-corrected chi connectivity index (χ0v) is 7.39. The van der Waals surface area contributed by atoms with Crippen molar-refractivity contribution in [3.63, 3.8) is 0 Å². The van der Waals surface area contributed by atoms with E-state index >= 15 is 0 Å². The molecule has 0 N–H and O–H groups in total. The number of hydrogen-bond donors (Lipinski definition) is 0. The monoisotopic (exact) mass is 184 g/mol. The molecular formula is C8H8O3S. The van der Waals surface area contributed by atoms with Crippen LogP contribution >= 0.6 is 12.2 Å². The molecule has 0 amide bonds. The highest BCUT2D eigenvalue weighted by Crippen LogP contribution is 2.04. The van der Waals surface area contributed by atoms with Gasteiger partial charge in [-0.15, -0.1) is 0 Å². The summed E-state index contributed by atoms with van der Waals surface area (Å²) >= 11 is 4.72. The molecule has 0 spiro atoms. The first-order valence-corrected chi connectivity index (χ1v) is 3.78. The van der Waals surface area contributed by atoms with Crippen molar-refractivity contribution in [2.75, 3.05) is 7.11 Å². The number of carbonyl (C=O) groups is 1. The molecule has 0 aromatic carbocycles. The first-order chi connectivity index (χ1) is 5.74. The number of carbonyl (C=O) groups excluding carboxylic acids is 1. The van der Waals surface area contributed by atoms with Crippen molar-refractivity contribution in [2.45, 2.75) is 6.42 Å². The zero-order valence-electron chi connectivity index (χ0n) is 6.57. The van der Waals surface area contributed by atoms with Gasteiger partial charge in [0, 0.05) is 0 Å². The van der Waals surface area contributed by atoms with E-state index in [2.05, 4.69) is 4.74 Å². The maximum Gasteiger partial charge on any atom is 0.206 e. The van der Waals surface area contributed by atoms with E-state index in [4.69, 9.17) is 16.6 Å². The molecule has 0 atom stereocenters. The fourth-order valence-electron chi connectivity index (χ4n) is 0.728. The van der Waals surface area contributed by atoms with E-state index in [0.29, 0.717) is 5.76 Å². The summed E-state index contributed by atoms with van der Waals surface area (Å²) in [5.74, 6) is 0.154. The molecule has 0 radical (unpaired) electrons. The van der Waals surface area contributed by atoms with Gasteiger partial charge in [-0.25, -0.2) is 0 Å². The van der Waals surface area contributed by atoms with E-state index in [1.165, 1.54) is 13.4 Å². The minimum Gasteiger partial charge on any atom is -0.490 e. The van der Waals surface area contributed by atoms with E-state index in [-0.39, 0.29) is 17.3 Å². The molecule has 0 saturated carbocycles. The summed E-state index contributed by atoms with van der Waals surface area (Å²) in [5.41, 5.74) is 0. The summed E-state index contributed by atoms with van der Waals surface area (Å²) in [4.78, 5) is 11.2. The number of methoxy groups -OCH3 is 1. The first-order valence-electron chi connectivity index (χ1n) is 3.37. The molecular weight excluding hydrogens is 176 g/mol.